The van der Waals surface area contributed by atoms with Gasteiger partial charge in [0.2, 0.25) is 11.8 Å². The number of amides is 3. The Bertz CT molecular complexity index is 1730. The van der Waals surface area contributed by atoms with Crippen molar-refractivity contribution in [2.45, 2.75) is 96.1 Å². The second-order valence-electron chi connectivity index (χ2n) is 14.9. The molecular weight excluding hydrogens is 654 g/mol. The van der Waals surface area contributed by atoms with E-state index < -0.39 is 53.0 Å². The number of benzene rings is 1. The number of hydrogen-bond acceptors (Lipinski definition) is 9. The Morgan fingerprint density at radius 3 is 2.45 bits per heavy atom. The van der Waals surface area contributed by atoms with E-state index in [1.54, 1.807) is 32.9 Å². The molecular formula is C35H42ClN5O8. The van der Waals surface area contributed by atoms with Crippen LogP contribution >= 0.6 is 11.6 Å². The zero-order chi connectivity index (χ0) is 35.4. The molecule has 3 N–H and O–H groups in total. The molecule has 13 nitrogen and oxygen atoms in total. The van der Waals surface area contributed by atoms with Gasteiger partial charge in [0, 0.05) is 17.9 Å². The van der Waals surface area contributed by atoms with E-state index >= 15 is 0 Å². The quantitative estimate of drug-likeness (QED) is 0.322. The number of fused-ring (bicyclic) bond motifs is 2. The van der Waals surface area contributed by atoms with Gasteiger partial charge in [-0.1, -0.05) is 45.7 Å². The number of pyridine rings is 1. The lowest BCUT2D eigenvalue weighted by Crippen LogP contribution is -2.59. The van der Waals surface area contributed by atoms with Crippen LogP contribution in [0, 0.1) is 34.5 Å². The number of nitrogens with one attached hydrogen (secondary N) is 2. The number of carboxylic acids is 1. The largest absolute Gasteiger partial charge is 0.495 e. The van der Waals surface area contributed by atoms with Crippen molar-refractivity contribution in [1.82, 2.24) is 20.5 Å². The van der Waals surface area contributed by atoms with Gasteiger partial charge in [-0.15, -0.1) is 0 Å². The van der Waals surface area contributed by atoms with Gasteiger partial charge in [0.1, 0.15) is 58.1 Å². The van der Waals surface area contributed by atoms with Crippen LogP contribution in [-0.4, -0.2) is 82.4 Å². The van der Waals surface area contributed by atoms with Crippen LogP contribution in [0.2, 0.25) is 5.02 Å². The summed E-state index contributed by atoms with van der Waals surface area (Å²) in [6.07, 6.45) is 2.04. The highest BCUT2D eigenvalue weighted by molar-refractivity contribution is 6.36. The summed E-state index contributed by atoms with van der Waals surface area (Å²) in [5, 5.41) is 25.9. The highest BCUT2D eigenvalue weighted by atomic mass is 35.5. The summed E-state index contributed by atoms with van der Waals surface area (Å²) in [5.74, 6) is -0.677. The molecule has 0 bridgehead atoms. The Morgan fingerprint density at radius 2 is 1.86 bits per heavy atom. The molecule has 2 aromatic rings. The highest BCUT2D eigenvalue weighted by Gasteiger charge is 2.61. The first-order chi connectivity index (χ1) is 23.2. The third kappa shape index (κ3) is 6.67. The number of aliphatic carboxylic acids is 1. The van der Waals surface area contributed by atoms with Crippen molar-refractivity contribution < 1.29 is 38.5 Å². The van der Waals surface area contributed by atoms with Gasteiger partial charge in [-0.25, -0.2) is 14.6 Å². The van der Waals surface area contributed by atoms with Crippen LogP contribution < -0.4 is 20.1 Å². The molecule has 14 heteroatoms. The first-order valence-electron chi connectivity index (χ1n) is 16.8. The molecule has 1 aromatic heterocycles. The van der Waals surface area contributed by atoms with Crippen LogP contribution in [0.15, 0.2) is 18.2 Å². The molecule has 4 aliphatic rings. The van der Waals surface area contributed by atoms with Gasteiger partial charge in [0.05, 0.1) is 19.2 Å². The summed E-state index contributed by atoms with van der Waals surface area (Å²) < 4.78 is 17.4. The van der Waals surface area contributed by atoms with E-state index in [-0.39, 0.29) is 53.4 Å². The molecule has 8 atom stereocenters. The Labute approximate surface area is 289 Å². The molecule has 3 saturated carbocycles. The first kappa shape index (κ1) is 34.5. The predicted molar refractivity (Wildman–Crippen MR) is 177 cm³/mol. The van der Waals surface area contributed by atoms with E-state index in [0.29, 0.717) is 29.4 Å². The van der Waals surface area contributed by atoms with Gasteiger partial charge >= 0.3 is 12.1 Å². The maximum Gasteiger partial charge on any atom is 0.408 e. The third-order valence-corrected chi connectivity index (χ3v) is 10.9. The van der Waals surface area contributed by atoms with Crippen molar-refractivity contribution in [2.24, 2.45) is 23.2 Å². The number of likely N-dealkylation sites (tertiary alicyclic amines) is 1. The van der Waals surface area contributed by atoms with Gasteiger partial charge in [0.25, 0.3) is 0 Å². The van der Waals surface area contributed by atoms with Gasteiger partial charge in [-0.2, -0.15) is 5.26 Å². The standard InChI is InChI=1S/C35H42ClN5O8/c1-6-19-14-35(19,32(44)45)40-30(42)24-13-22(48-26-12-20(15-37)38-28-23(26)7-8-25(47-5)27(28)36)16-41(24)31(43)29(34(2,3)4)39-33(46)49-21-10-17-9-18(17)11-21/h7-8,12,17-19,21-22,24,29H,6,9-11,13-14,16H2,1-5H3,(H,39,46)(H,40,42)(H,44,45)/t17-,18+,19-,21?,22-,24+,29-,35-/m1/s1. The van der Waals surface area contributed by atoms with E-state index in [4.69, 9.17) is 25.8 Å². The van der Waals surface area contributed by atoms with E-state index in [0.717, 1.165) is 12.8 Å². The molecule has 2 heterocycles. The number of aromatic nitrogens is 1. The summed E-state index contributed by atoms with van der Waals surface area (Å²) >= 11 is 6.54. The molecule has 1 saturated heterocycles. The average Bonchev–Trinajstić information content (AvgIpc) is 3.86. The van der Waals surface area contributed by atoms with Gasteiger partial charge in [-0.3, -0.25) is 9.59 Å². The van der Waals surface area contributed by atoms with E-state index in [1.807, 2.05) is 13.0 Å². The summed E-state index contributed by atoms with van der Waals surface area (Å²) in [5.41, 5.74) is -1.87. The SMILES string of the molecule is CC[C@@H]1C[C@]1(NC(=O)[C@@H]1C[C@@H](Oc2cc(C#N)nc3c(Cl)c(OC)ccc23)CN1C(=O)[C@@H](NC(=O)OC1C[C@@H]2C[C@@H]2C1)C(C)(C)C)C(=O)O. The first-order valence-corrected chi connectivity index (χ1v) is 17.1. The Balaban J connectivity index is 1.28. The fourth-order valence-corrected chi connectivity index (χ4v) is 7.83. The van der Waals surface area contributed by atoms with Crippen LogP contribution in [-0.2, 0) is 19.1 Å². The van der Waals surface area contributed by atoms with Crippen molar-refractivity contribution in [3.05, 3.63) is 28.9 Å². The Hall–Kier alpha value is -4.31. The number of nitrogens with zero attached hydrogens (tertiary/aromatic N) is 3. The van der Waals surface area contributed by atoms with Crippen LogP contribution in [0.3, 0.4) is 0 Å². The fourth-order valence-electron chi connectivity index (χ4n) is 7.54. The molecule has 49 heavy (non-hydrogen) atoms. The second-order valence-corrected chi connectivity index (χ2v) is 15.2. The lowest BCUT2D eigenvalue weighted by molar-refractivity contribution is -0.146. The number of rotatable bonds is 10. The summed E-state index contributed by atoms with van der Waals surface area (Å²) in [4.78, 5) is 59.4. The second kappa shape index (κ2) is 12.9. The minimum Gasteiger partial charge on any atom is -0.495 e. The molecule has 1 aromatic carbocycles. The van der Waals surface area contributed by atoms with E-state index in [1.165, 1.54) is 24.5 Å². The molecule has 3 aliphatic carbocycles. The lowest BCUT2D eigenvalue weighted by atomic mass is 9.85. The Kier molecular flexibility index (Phi) is 9.07. The molecule has 3 amide bonds. The molecule has 0 radical (unpaired) electrons. The van der Waals surface area contributed by atoms with Crippen molar-refractivity contribution >= 4 is 46.4 Å². The van der Waals surface area contributed by atoms with Crippen molar-refractivity contribution in [3.63, 3.8) is 0 Å². The summed E-state index contributed by atoms with van der Waals surface area (Å²) in [6, 6.07) is 4.63. The molecule has 4 fully saturated rings. The monoisotopic (exact) mass is 695 g/mol. The van der Waals surface area contributed by atoms with Crippen LogP contribution in [0.1, 0.15) is 71.9 Å². The van der Waals surface area contributed by atoms with Crippen LogP contribution in [0.4, 0.5) is 4.79 Å². The number of methoxy groups -OCH3 is 1. The topological polar surface area (TPSA) is 180 Å². The van der Waals surface area contributed by atoms with Crippen molar-refractivity contribution in [2.75, 3.05) is 13.7 Å². The molecule has 6 rings (SSSR count). The van der Waals surface area contributed by atoms with E-state index in [2.05, 4.69) is 15.6 Å². The van der Waals surface area contributed by atoms with Gasteiger partial charge in [0.15, 0.2) is 0 Å². The minimum absolute atomic E-state index is 0.0197. The molecule has 0 spiro atoms. The fraction of sp³-hybridized carbons (Fsp3) is 0.600. The average molecular weight is 696 g/mol. The van der Waals surface area contributed by atoms with Crippen LogP contribution in [0.5, 0.6) is 11.5 Å². The highest BCUT2D eigenvalue weighted by Crippen LogP contribution is 2.52. The zero-order valence-corrected chi connectivity index (χ0v) is 29.0. The Morgan fingerprint density at radius 1 is 1.14 bits per heavy atom. The number of carbonyl (C=O) groups excluding carboxylic acids is 3. The maximum absolute atomic E-state index is 14.4. The molecule has 1 unspecified atom stereocenters. The number of ether oxygens (including phenoxy) is 3. The van der Waals surface area contributed by atoms with Gasteiger partial charge in [-0.05, 0) is 61.0 Å². The molecule has 1 aliphatic heterocycles. The summed E-state index contributed by atoms with van der Waals surface area (Å²) in [6.45, 7) is 7.22. The van der Waals surface area contributed by atoms with Crippen molar-refractivity contribution in [3.8, 4) is 17.6 Å². The summed E-state index contributed by atoms with van der Waals surface area (Å²) in [7, 11) is 1.46. The maximum atomic E-state index is 14.4. The lowest BCUT2D eigenvalue weighted by Gasteiger charge is -2.35. The normalized spacial score (nSPS) is 29.0. The number of nitriles is 1. The number of halogens is 1. The van der Waals surface area contributed by atoms with Crippen molar-refractivity contribution in [1.29, 1.82) is 5.26 Å². The minimum atomic E-state index is -1.41. The molecule has 262 valence electrons. The number of carboxylic acid groups (broad SMARTS) is 1. The van der Waals surface area contributed by atoms with Gasteiger partial charge < -0.3 is 34.9 Å². The number of alkyl carbamates (subject to hydrolysis) is 1. The predicted octanol–water partition coefficient (Wildman–Crippen LogP) is 4.43. The number of hydrogen-bond donors (Lipinski definition) is 3. The number of carbonyl (C=O) groups is 4. The van der Waals surface area contributed by atoms with Crippen LogP contribution in [0.25, 0.3) is 10.9 Å². The smallest absolute Gasteiger partial charge is 0.408 e. The third-order valence-electron chi connectivity index (χ3n) is 10.5. The zero-order valence-electron chi connectivity index (χ0n) is 28.2. The van der Waals surface area contributed by atoms with E-state index in [9.17, 15) is 29.5 Å².